The lowest BCUT2D eigenvalue weighted by Gasteiger charge is -2.19. The molecule has 0 amide bonds. The van der Waals surface area contributed by atoms with Crippen molar-refractivity contribution >= 4 is 5.96 Å². The Morgan fingerprint density at radius 1 is 1.16 bits per heavy atom. The maximum absolute atomic E-state index is 5.76. The molecule has 7 nitrogen and oxygen atoms in total. The van der Waals surface area contributed by atoms with Crippen LogP contribution in [0.25, 0.3) is 0 Å². The largest absolute Gasteiger partial charge is 0.468 e. The van der Waals surface area contributed by atoms with E-state index in [4.69, 9.17) is 13.9 Å². The highest BCUT2D eigenvalue weighted by Gasteiger charge is 2.15. The molecule has 31 heavy (non-hydrogen) atoms. The van der Waals surface area contributed by atoms with Crippen LogP contribution in [0, 0.1) is 5.92 Å². The predicted molar refractivity (Wildman–Crippen MR) is 123 cm³/mol. The molecule has 1 aliphatic rings. The first kappa shape index (κ1) is 23.3. The van der Waals surface area contributed by atoms with Crippen molar-refractivity contribution in [3.8, 4) is 0 Å². The number of ether oxygens (including phenoxy) is 2. The van der Waals surface area contributed by atoms with Gasteiger partial charge in [-0.3, -0.25) is 9.89 Å². The fourth-order valence-electron chi connectivity index (χ4n) is 3.64. The zero-order valence-corrected chi connectivity index (χ0v) is 18.8. The maximum Gasteiger partial charge on any atom is 0.191 e. The molecule has 0 aliphatic carbocycles. The summed E-state index contributed by atoms with van der Waals surface area (Å²) in [6, 6.07) is 12.4. The number of rotatable bonds is 12. The van der Waals surface area contributed by atoms with Gasteiger partial charge in [0.2, 0.25) is 0 Å². The van der Waals surface area contributed by atoms with Crippen LogP contribution in [0.4, 0.5) is 0 Å². The molecule has 1 saturated heterocycles. The molecule has 1 unspecified atom stereocenters. The molecule has 0 spiro atoms. The van der Waals surface area contributed by atoms with Gasteiger partial charge in [-0.15, -0.1) is 0 Å². The second kappa shape index (κ2) is 13.1. The van der Waals surface area contributed by atoms with Gasteiger partial charge in [-0.1, -0.05) is 24.3 Å². The number of furan rings is 1. The summed E-state index contributed by atoms with van der Waals surface area (Å²) in [6.07, 6.45) is 3.79. The van der Waals surface area contributed by atoms with E-state index in [1.165, 1.54) is 11.1 Å². The molecule has 2 aromatic rings. The Balaban J connectivity index is 1.36. The van der Waals surface area contributed by atoms with E-state index < -0.39 is 0 Å². The third-order valence-corrected chi connectivity index (χ3v) is 5.37. The highest BCUT2D eigenvalue weighted by atomic mass is 16.5. The Morgan fingerprint density at radius 3 is 2.77 bits per heavy atom. The average Bonchev–Trinajstić information content (AvgIpc) is 3.48. The van der Waals surface area contributed by atoms with Crippen LogP contribution in [0.15, 0.2) is 52.1 Å². The molecule has 0 bridgehead atoms. The smallest absolute Gasteiger partial charge is 0.191 e. The second-order valence-corrected chi connectivity index (χ2v) is 8.03. The van der Waals surface area contributed by atoms with E-state index in [9.17, 15) is 0 Å². The van der Waals surface area contributed by atoms with E-state index in [-0.39, 0.29) is 0 Å². The number of benzene rings is 1. The second-order valence-electron chi connectivity index (χ2n) is 8.03. The van der Waals surface area contributed by atoms with Gasteiger partial charge in [0.15, 0.2) is 5.96 Å². The lowest BCUT2D eigenvalue weighted by Crippen LogP contribution is -2.37. The molecule has 170 valence electrons. The topological polar surface area (TPSA) is 71.3 Å². The Hall–Kier alpha value is -2.35. The summed E-state index contributed by atoms with van der Waals surface area (Å²) in [7, 11) is 3.91. The van der Waals surface area contributed by atoms with E-state index >= 15 is 0 Å². The maximum atomic E-state index is 5.76. The van der Waals surface area contributed by atoms with Crippen LogP contribution < -0.4 is 10.6 Å². The number of aliphatic imine (C=N–C) groups is 1. The van der Waals surface area contributed by atoms with Crippen LogP contribution in [0.2, 0.25) is 0 Å². The average molecular weight is 429 g/mol. The third kappa shape index (κ3) is 8.36. The molecule has 3 rings (SSSR count). The number of nitrogens with one attached hydrogen (secondary N) is 2. The summed E-state index contributed by atoms with van der Waals surface area (Å²) >= 11 is 0. The molecule has 1 aliphatic heterocycles. The van der Waals surface area contributed by atoms with Crippen molar-refractivity contribution in [2.75, 3.05) is 47.1 Å². The summed E-state index contributed by atoms with van der Waals surface area (Å²) in [4.78, 5) is 6.59. The van der Waals surface area contributed by atoms with E-state index in [0.717, 1.165) is 77.2 Å². The van der Waals surface area contributed by atoms with Gasteiger partial charge in [0.05, 0.1) is 26.0 Å². The summed E-state index contributed by atoms with van der Waals surface area (Å²) in [5.74, 6) is 2.35. The predicted octanol–water partition coefficient (Wildman–Crippen LogP) is 3.02. The van der Waals surface area contributed by atoms with Gasteiger partial charge in [0.1, 0.15) is 5.76 Å². The molecule has 1 fully saturated rings. The first-order chi connectivity index (χ1) is 15.2. The van der Waals surface area contributed by atoms with E-state index in [1.54, 1.807) is 13.3 Å². The van der Waals surface area contributed by atoms with Crippen molar-refractivity contribution in [3.05, 3.63) is 59.5 Å². The monoisotopic (exact) mass is 428 g/mol. The van der Waals surface area contributed by atoms with Crippen molar-refractivity contribution in [2.45, 2.75) is 32.5 Å². The summed E-state index contributed by atoms with van der Waals surface area (Å²) in [6.45, 7) is 6.47. The number of hydrogen-bond acceptors (Lipinski definition) is 5. The van der Waals surface area contributed by atoms with Gasteiger partial charge >= 0.3 is 0 Å². The van der Waals surface area contributed by atoms with E-state index in [0.29, 0.717) is 5.92 Å². The van der Waals surface area contributed by atoms with Crippen LogP contribution in [-0.4, -0.2) is 57.9 Å². The molecule has 0 saturated carbocycles. The number of nitrogens with zero attached hydrogens (tertiary/aromatic N) is 2. The first-order valence-corrected chi connectivity index (χ1v) is 11.1. The zero-order chi connectivity index (χ0) is 21.7. The molecule has 1 atom stereocenters. The normalized spacial score (nSPS) is 16.7. The van der Waals surface area contributed by atoms with E-state index in [2.05, 4.69) is 51.8 Å². The molecule has 7 heteroatoms. The van der Waals surface area contributed by atoms with E-state index in [1.807, 2.05) is 12.1 Å². The van der Waals surface area contributed by atoms with Gasteiger partial charge in [-0.05, 0) is 43.1 Å². The van der Waals surface area contributed by atoms with Crippen molar-refractivity contribution < 1.29 is 13.9 Å². The van der Waals surface area contributed by atoms with Crippen molar-refractivity contribution in [2.24, 2.45) is 10.9 Å². The van der Waals surface area contributed by atoms with Crippen LogP contribution in [0.3, 0.4) is 0 Å². The highest BCUT2D eigenvalue weighted by molar-refractivity contribution is 5.79. The van der Waals surface area contributed by atoms with Gasteiger partial charge in [-0.25, -0.2) is 0 Å². The molecule has 0 radical (unpaired) electrons. The fraction of sp³-hybridized carbons (Fsp3) is 0.542. The number of guanidine groups is 1. The fourth-order valence-corrected chi connectivity index (χ4v) is 3.64. The van der Waals surface area contributed by atoms with Crippen molar-refractivity contribution in [1.29, 1.82) is 0 Å². The van der Waals surface area contributed by atoms with Crippen LogP contribution in [0.5, 0.6) is 0 Å². The highest BCUT2D eigenvalue weighted by Crippen LogP contribution is 2.14. The third-order valence-electron chi connectivity index (χ3n) is 5.37. The van der Waals surface area contributed by atoms with Crippen LogP contribution in [-0.2, 0) is 29.1 Å². The van der Waals surface area contributed by atoms with Gasteiger partial charge in [0.25, 0.3) is 0 Å². The Bertz CT molecular complexity index is 773. The zero-order valence-electron chi connectivity index (χ0n) is 18.8. The Morgan fingerprint density at radius 2 is 2.03 bits per heavy atom. The molecular formula is C24H36N4O3. The molecule has 1 aromatic carbocycles. The molecule has 2 N–H and O–H groups in total. The minimum atomic E-state index is 0.570. The summed E-state index contributed by atoms with van der Waals surface area (Å²) < 4.78 is 16.6. The van der Waals surface area contributed by atoms with Crippen molar-refractivity contribution in [1.82, 2.24) is 15.5 Å². The van der Waals surface area contributed by atoms with Gasteiger partial charge in [0, 0.05) is 45.8 Å². The van der Waals surface area contributed by atoms with Crippen molar-refractivity contribution in [3.63, 3.8) is 0 Å². The van der Waals surface area contributed by atoms with Crippen LogP contribution >= 0.6 is 0 Å². The lowest BCUT2D eigenvalue weighted by atomic mass is 10.1. The van der Waals surface area contributed by atoms with Crippen LogP contribution in [0.1, 0.15) is 29.7 Å². The van der Waals surface area contributed by atoms with Gasteiger partial charge in [-0.2, -0.15) is 0 Å². The lowest BCUT2D eigenvalue weighted by molar-refractivity contribution is 0.0888. The minimum absolute atomic E-state index is 0.570. The Labute approximate surface area is 185 Å². The first-order valence-electron chi connectivity index (χ1n) is 11.1. The molecule has 2 heterocycles. The molecular weight excluding hydrogens is 392 g/mol. The molecule has 1 aromatic heterocycles. The minimum Gasteiger partial charge on any atom is -0.468 e. The standard InChI is InChI=1S/C24H36N4O3/c1-25-24(26-11-6-12-29-18-20-10-14-30-19-20)27-15-21-7-3-4-8-22(21)16-28(2)17-23-9-5-13-31-23/h3-5,7-9,13,20H,6,10-12,14-19H2,1-2H3,(H2,25,26,27). The van der Waals surface area contributed by atoms with Gasteiger partial charge < -0.3 is 24.5 Å². The summed E-state index contributed by atoms with van der Waals surface area (Å²) in [5, 5.41) is 6.79. The number of hydrogen-bond donors (Lipinski definition) is 2. The quantitative estimate of drug-likeness (QED) is 0.308. The summed E-state index contributed by atoms with van der Waals surface area (Å²) in [5.41, 5.74) is 2.56. The Kier molecular flexibility index (Phi) is 9.89. The SMILES string of the molecule is CN=C(NCCCOCC1CCOC1)NCc1ccccc1CN(C)Cc1ccco1.